The van der Waals surface area contributed by atoms with E-state index < -0.39 is 0 Å². The average molecular weight is 377 g/mol. The average Bonchev–Trinajstić information content (AvgIpc) is 2.77. The zero-order valence-corrected chi connectivity index (χ0v) is 17.5. The minimum absolute atomic E-state index is 1.01. The quantitative estimate of drug-likeness (QED) is 0.430. The summed E-state index contributed by atoms with van der Waals surface area (Å²) in [6.45, 7) is 4.42. The molecule has 0 nitrogen and oxygen atoms in total. The van der Waals surface area contributed by atoms with E-state index in [-0.39, 0.29) is 0 Å². The number of hydrogen-bond acceptors (Lipinski definition) is 0. The monoisotopic (exact) mass is 376 g/mol. The van der Waals surface area contributed by atoms with Crippen LogP contribution in [-0.2, 0) is 12.8 Å². The third-order valence-electron chi connectivity index (χ3n) is 4.85. The van der Waals surface area contributed by atoms with Gasteiger partial charge in [-0.25, -0.2) is 0 Å². The Kier molecular flexibility index (Phi) is 7.74. The van der Waals surface area contributed by atoms with Crippen LogP contribution in [-0.4, -0.2) is 0 Å². The summed E-state index contributed by atoms with van der Waals surface area (Å²) in [5.74, 6) is 13.0. The van der Waals surface area contributed by atoms with Crippen LogP contribution in [0.5, 0.6) is 0 Å². The fourth-order valence-corrected chi connectivity index (χ4v) is 3.10. The van der Waals surface area contributed by atoms with Crippen molar-refractivity contribution in [2.45, 2.75) is 46.0 Å². The standard InChI is InChI=1S/C29H28/c1-3-5-7-25-10-14-27(15-11-25)17-19-29-22-20-28(21-23-29)18-16-26-12-8-24(6-4-2)9-13-26/h8-15,20-23H,3-7H2,1-2H3. The van der Waals surface area contributed by atoms with Crippen LogP contribution in [0.1, 0.15) is 66.5 Å². The van der Waals surface area contributed by atoms with Crippen molar-refractivity contribution in [3.8, 4) is 23.7 Å². The SMILES string of the molecule is CCCCc1ccc(C#Cc2ccc(C#Cc3ccc(CCC)cc3)cc2)cc1. The largest absolute Gasteiger partial charge is 0.0654 e. The van der Waals surface area contributed by atoms with Crippen LogP contribution < -0.4 is 0 Å². The molecule has 0 unspecified atom stereocenters. The van der Waals surface area contributed by atoms with Crippen LogP contribution in [0.25, 0.3) is 0 Å². The van der Waals surface area contributed by atoms with Gasteiger partial charge in [-0.1, -0.05) is 74.6 Å². The highest BCUT2D eigenvalue weighted by atomic mass is 14.0. The topological polar surface area (TPSA) is 0 Å². The molecule has 3 rings (SSSR count). The fourth-order valence-electron chi connectivity index (χ4n) is 3.10. The van der Waals surface area contributed by atoms with Crippen LogP contribution in [0, 0.1) is 23.7 Å². The van der Waals surface area contributed by atoms with Crippen molar-refractivity contribution in [2.24, 2.45) is 0 Å². The zero-order valence-electron chi connectivity index (χ0n) is 17.5. The summed E-state index contributed by atoms with van der Waals surface area (Å²) in [6, 6.07) is 25.3. The van der Waals surface area contributed by atoms with E-state index in [0.717, 1.165) is 35.1 Å². The number of rotatable bonds is 5. The Hall–Kier alpha value is -3.22. The smallest absolute Gasteiger partial charge is 0.0249 e. The number of unbranched alkanes of at least 4 members (excludes halogenated alkanes) is 1. The van der Waals surface area contributed by atoms with Gasteiger partial charge in [0.25, 0.3) is 0 Å². The van der Waals surface area contributed by atoms with Gasteiger partial charge in [-0.05, 0) is 78.9 Å². The minimum Gasteiger partial charge on any atom is -0.0654 e. The van der Waals surface area contributed by atoms with Crippen LogP contribution in [0.15, 0.2) is 72.8 Å². The lowest BCUT2D eigenvalue weighted by molar-refractivity contribution is 0.795. The van der Waals surface area contributed by atoms with E-state index in [9.17, 15) is 0 Å². The number of hydrogen-bond donors (Lipinski definition) is 0. The lowest BCUT2D eigenvalue weighted by Gasteiger charge is -1.99. The summed E-state index contributed by atoms with van der Waals surface area (Å²) in [5, 5.41) is 0. The van der Waals surface area contributed by atoms with Crippen molar-refractivity contribution >= 4 is 0 Å². The van der Waals surface area contributed by atoms with Gasteiger partial charge in [0.05, 0.1) is 0 Å². The van der Waals surface area contributed by atoms with Crippen molar-refractivity contribution < 1.29 is 0 Å². The van der Waals surface area contributed by atoms with E-state index in [2.05, 4.69) is 86.1 Å². The van der Waals surface area contributed by atoms with E-state index in [0.29, 0.717) is 0 Å². The van der Waals surface area contributed by atoms with Crippen LogP contribution in [0.4, 0.5) is 0 Å². The van der Waals surface area contributed by atoms with Gasteiger partial charge < -0.3 is 0 Å². The Bertz CT molecular complexity index is 1010. The fraction of sp³-hybridized carbons (Fsp3) is 0.241. The van der Waals surface area contributed by atoms with Gasteiger partial charge in [-0.15, -0.1) is 0 Å². The van der Waals surface area contributed by atoms with Gasteiger partial charge in [-0.3, -0.25) is 0 Å². The molecule has 29 heavy (non-hydrogen) atoms. The minimum atomic E-state index is 1.01. The molecule has 0 heteroatoms. The Balaban J connectivity index is 1.62. The molecule has 0 aliphatic heterocycles. The summed E-state index contributed by atoms with van der Waals surface area (Å²) < 4.78 is 0. The first-order chi connectivity index (χ1) is 14.3. The molecule has 0 aliphatic carbocycles. The second kappa shape index (κ2) is 10.9. The summed E-state index contributed by atoms with van der Waals surface area (Å²) in [5.41, 5.74) is 6.89. The molecule has 0 bridgehead atoms. The highest BCUT2D eigenvalue weighted by molar-refractivity contribution is 5.48. The summed E-state index contributed by atoms with van der Waals surface area (Å²) in [7, 11) is 0. The van der Waals surface area contributed by atoms with Crippen molar-refractivity contribution in [3.63, 3.8) is 0 Å². The molecule has 0 atom stereocenters. The second-order valence-corrected chi connectivity index (χ2v) is 7.32. The molecule has 0 N–H and O–H groups in total. The molecule has 0 saturated carbocycles. The van der Waals surface area contributed by atoms with E-state index in [1.807, 2.05) is 24.3 Å². The molecule has 3 aromatic carbocycles. The number of benzene rings is 3. The predicted molar refractivity (Wildman–Crippen MR) is 124 cm³/mol. The van der Waals surface area contributed by atoms with Crippen molar-refractivity contribution in [1.82, 2.24) is 0 Å². The summed E-state index contributed by atoms with van der Waals surface area (Å²) in [4.78, 5) is 0. The third kappa shape index (κ3) is 6.71. The van der Waals surface area contributed by atoms with Gasteiger partial charge in [0, 0.05) is 22.3 Å². The maximum atomic E-state index is 3.25. The molecule has 0 amide bonds. The van der Waals surface area contributed by atoms with E-state index in [1.54, 1.807) is 0 Å². The lowest BCUT2D eigenvalue weighted by atomic mass is 10.1. The van der Waals surface area contributed by atoms with Gasteiger partial charge >= 0.3 is 0 Å². The Morgan fingerprint density at radius 3 is 1.14 bits per heavy atom. The molecule has 0 saturated heterocycles. The Labute approximate surface area is 176 Å². The van der Waals surface area contributed by atoms with E-state index in [4.69, 9.17) is 0 Å². The first-order valence-electron chi connectivity index (χ1n) is 10.6. The Morgan fingerprint density at radius 2 is 0.793 bits per heavy atom. The first kappa shape index (κ1) is 20.5. The lowest BCUT2D eigenvalue weighted by Crippen LogP contribution is -1.85. The molecular weight excluding hydrogens is 348 g/mol. The first-order valence-corrected chi connectivity index (χ1v) is 10.6. The second-order valence-electron chi connectivity index (χ2n) is 7.32. The molecule has 3 aromatic rings. The molecular formula is C29H28. The maximum Gasteiger partial charge on any atom is 0.0249 e. The molecule has 144 valence electrons. The molecule has 0 aliphatic rings. The molecule has 0 fully saturated rings. The third-order valence-corrected chi connectivity index (χ3v) is 4.85. The molecule has 0 radical (unpaired) electrons. The Morgan fingerprint density at radius 1 is 0.448 bits per heavy atom. The summed E-state index contributed by atoms with van der Waals surface area (Å²) >= 11 is 0. The van der Waals surface area contributed by atoms with E-state index in [1.165, 1.54) is 30.4 Å². The van der Waals surface area contributed by atoms with Gasteiger partial charge in [-0.2, -0.15) is 0 Å². The van der Waals surface area contributed by atoms with Gasteiger partial charge in [0.2, 0.25) is 0 Å². The highest BCUT2D eigenvalue weighted by Crippen LogP contribution is 2.09. The molecule has 0 heterocycles. The van der Waals surface area contributed by atoms with Crippen molar-refractivity contribution in [2.75, 3.05) is 0 Å². The van der Waals surface area contributed by atoms with Gasteiger partial charge in [0.1, 0.15) is 0 Å². The molecule has 0 aromatic heterocycles. The highest BCUT2D eigenvalue weighted by Gasteiger charge is 1.94. The van der Waals surface area contributed by atoms with E-state index >= 15 is 0 Å². The zero-order chi connectivity index (χ0) is 20.3. The maximum absolute atomic E-state index is 3.25. The van der Waals surface area contributed by atoms with Crippen LogP contribution in [0.2, 0.25) is 0 Å². The summed E-state index contributed by atoms with van der Waals surface area (Å²) in [6.07, 6.45) is 5.91. The predicted octanol–water partition coefficient (Wildman–Crippen LogP) is 6.78. The molecule has 0 spiro atoms. The number of aryl methyl sites for hydroxylation is 2. The van der Waals surface area contributed by atoms with Crippen LogP contribution in [0.3, 0.4) is 0 Å². The normalized spacial score (nSPS) is 9.86. The van der Waals surface area contributed by atoms with Crippen LogP contribution >= 0.6 is 0 Å². The van der Waals surface area contributed by atoms with Crippen molar-refractivity contribution in [1.29, 1.82) is 0 Å². The van der Waals surface area contributed by atoms with Gasteiger partial charge in [0.15, 0.2) is 0 Å². The van der Waals surface area contributed by atoms with Crippen molar-refractivity contribution in [3.05, 3.63) is 106 Å².